The van der Waals surface area contributed by atoms with E-state index in [0.29, 0.717) is 0 Å². The van der Waals surface area contributed by atoms with Crippen molar-refractivity contribution in [1.82, 2.24) is 0 Å². The van der Waals surface area contributed by atoms with Crippen molar-refractivity contribution < 1.29 is 0 Å². The summed E-state index contributed by atoms with van der Waals surface area (Å²) in [4.78, 5) is 0. The van der Waals surface area contributed by atoms with Gasteiger partial charge in [-0.25, -0.2) is 10.0 Å². The number of hydrogen-bond acceptors (Lipinski definition) is 2. The first-order chi connectivity index (χ1) is 4.77. The Hall–Kier alpha value is -0.200. The lowest BCUT2D eigenvalue weighted by Gasteiger charge is -2.28. The normalized spacial score (nSPS) is 18.5. The van der Waals surface area contributed by atoms with E-state index in [-0.39, 0.29) is 0 Å². The maximum Gasteiger partial charge on any atom is 0.102 e. The molecule has 0 radical (unpaired) electrons. The fourth-order valence-electron chi connectivity index (χ4n) is 0.574. The monoisotopic (exact) mass is 174 g/mol. The van der Waals surface area contributed by atoms with Gasteiger partial charge in [-0.15, -0.1) is 0 Å². The van der Waals surface area contributed by atoms with Gasteiger partial charge in [0.1, 0.15) is 5.54 Å². The molecule has 0 heterocycles. The highest BCUT2D eigenvalue weighted by Crippen LogP contribution is 2.36. The van der Waals surface area contributed by atoms with Gasteiger partial charge in [0.2, 0.25) is 0 Å². The molecule has 1 atom stereocenters. The minimum absolute atomic E-state index is 0.499. The van der Waals surface area contributed by atoms with Gasteiger partial charge in [-0.2, -0.15) is 5.26 Å². The number of hydrogen-bond donors (Lipinski definition) is 1. The zero-order valence-electron chi connectivity index (χ0n) is 7.85. The molecule has 0 rings (SSSR count). The molecule has 0 aliphatic rings. The van der Waals surface area contributed by atoms with E-state index in [4.69, 9.17) is 11.0 Å². The van der Waals surface area contributed by atoms with Crippen molar-refractivity contribution in [1.29, 1.82) is 5.26 Å². The molecule has 2 nitrogen and oxygen atoms in total. The maximum absolute atomic E-state index is 8.63. The van der Waals surface area contributed by atoms with E-state index in [1.807, 2.05) is 0 Å². The number of nitrogens with two attached hydrogens (primary N) is 1. The predicted molar refractivity (Wildman–Crippen MR) is 53.1 cm³/mol. The quantitative estimate of drug-likeness (QED) is 0.701. The predicted octanol–water partition coefficient (Wildman–Crippen LogP) is 1.31. The molecule has 1 unspecified atom stereocenters. The maximum atomic E-state index is 8.63. The van der Waals surface area contributed by atoms with E-state index in [9.17, 15) is 0 Å². The molecule has 66 valence electrons. The van der Waals surface area contributed by atoms with Crippen molar-refractivity contribution in [2.24, 2.45) is 5.73 Å². The molecule has 0 bridgehead atoms. The second-order valence-electron chi connectivity index (χ2n) is 4.07. The van der Waals surface area contributed by atoms with E-state index in [0.717, 1.165) is 12.2 Å². The Balaban J connectivity index is 3.83. The molecule has 0 aliphatic heterocycles. The van der Waals surface area contributed by atoms with Gasteiger partial charge < -0.3 is 5.73 Å². The van der Waals surface area contributed by atoms with Crippen molar-refractivity contribution in [3.63, 3.8) is 0 Å². The summed E-state index contributed by atoms with van der Waals surface area (Å²) in [6.07, 6.45) is 7.52. The van der Waals surface area contributed by atoms with Crippen LogP contribution in [0, 0.1) is 11.3 Å². The average Bonchev–Trinajstić information content (AvgIpc) is 1.83. The van der Waals surface area contributed by atoms with Crippen molar-refractivity contribution in [2.45, 2.75) is 18.9 Å². The lowest BCUT2D eigenvalue weighted by atomic mass is 10.0. The fraction of sp³-hybridized carbons (Fsp3) is 0.875. The Morgan fingerprint density at radius 3 is 2.18 bits per heavy atom. The van der Waals surface area contributed by atoms with Gasteiger partial charge in [0.25, 0.3) is 0 Å². The summed E-state index contributed by atoms with van der Waals surface area (Å²) in [6, 6.07) is 2.10. The van der Waals surface area contributed by atoms with Crippen molar-refractivity contribution in [3.8, 4) is 6.07 Å². The van der Waals surface area contributed by atoms with Crippen molar-refractivity contribution in [2.75, 3.05) is 24.5 Å². The van der Waals surface area contributed by atoms with Gasteiger partial charge in [-0.05, 0) is 37.9 Å². The summed E-state index contributed by atoms with van der Waals surface area (Å²) in [7, 11) is -0.499. The molecular formula is C8H18N2S. The third-order valence-corrected chi connectivity index (χ3v) is 2.92. The summed E-state index contributed by atoms with van der Waals surface area (Å²) in [6.45, 7) is 1.79. The zero-order valence-corrected chi connectivity index (χ0v) is 8.66. The molecule has 0 fully saturated rings. The molecule has 0 saturated heterocycles. The van der Waals surface area contributed by atoms with Crippen LogP contribution in [0.3, 0.4) is 0 Å². The fourth-order valence-corrected chi connectivity index (χ4v) is 1.61. The molecular weight excluding hydrogens is 156 g/mol. The van der Waals surface area contributed by atoms with Crippen LogP contribution in [0.1, 0.15) is 13.3 Å². The van der Waals surface area contributed by atoms with Gasteiger partial charge in [0.05, 0.1) is 6.07 Å². The summed E-state index contributed by atoms with van der Waals surface area (Å²) in [5.41, 5.74) is 5.05. The summed E-state index contributed by atoms with van der Waals surface area (Å²) in [5, 5.41) is 8.63. The highest BCUT2D eigenvalue weighted by Gasteiger charge is 2.18. The molecule has 0 spiro atoms. The van der Waals surface area contributed by atoms with Crippen LogP contribution in [0.4, 0.5) is 0 Å². The van der Waals surface area contributed by atoms with Crippen LogP contribution in [0.5, 0.6) is 0 Å². The molecule has 0 aliphatic carbocycles. The highest BCUT2D eigenvalue weighted by molar-refractivity contribution is 8.32. The second kappa shape index (κ2) is 3.46. The molecule has 0 saturated carbocycles. The van der Waals surface area contributed by atoms with E-state index < -0.39 is 15.6 Å². The SMILES string of the molecule is CC(N)(C#N)CCS(C)(C)C. The Labute approximate surface area is 71.1 Å². The molecule has 11 heavy (non-hydrogen) atoms. The topological polar surface area (TPSA) is 49.8 Å². The standard InChI is InChI=1S/C8H18N2S/c1-8(10,7-9)5-6-11(2,3)4/h5-6,10H2,1-4H3. The van der Waals surface area contributed by atoms with Crippen LogP contribution in [-0.4, -0.2) is 30.1 Å². The van der Waals surface area contributed by atoms with Crippen LogP contribution >= 0.6 is 10.0 Å². The number of nitrogens with zero attached hydrogens (tertiary/aromatic N) is 1. The van der Waals surface area contributed by atoms with Crippen molar-refractivity contribution >= 4 is 10.0 Å². The third kappa shape index (κ3) is 6.21. The van der Waals surface area contributed by atoms with E-state index in [1.54, 1.807) is 6.92 Å². The molecule has 3 heteroatoms. The first kappa shape index (κ1) is 10.8. The molecule has 0 amide bonds. The Morgan fingerprint density at radius 2 is 1.91 bits per heavy atom. The van der Waals surface area contributed by atoms with Gasteiger partial charge >= 0.3 is 0 Å². The highest BCUT2D eigenvalue weighted by atomic mass is 32.3. The van der Waals surface area contributed by atoms with Gasteiger partial charge in [-0.1, -0.05) is 0 Å². The largest absolute Gasteiger partial charge is 0.314 e. The Morgan fingerprint density at radius 1 is 1.45 bits per heavy atom. The Bertz CT molecular complexity index is 162. The first-order valence-electron chi connectivity index (χ1n) is 3.63. The Kier molecular flexibility index (Phi) is 3.40. The van der Waals surface area contributed by atoms with Crippen LogP contribution < -0.4 is 5.73 Å². The summed E-state index contributed by atoms with van der Waals surface area (Å²) in [5.74, 6) is 1.08. The van der Waals surface area contributed by atoms with E-state index in [2.05, 4.69) is 24.8 Å². The minimum atomic E-state index is -0.625. The second-order valence-corrected chi connectivity index (χ2v) is 8.66. The van der Waals surface area contributed by atoms with E-state index >= 15 is 0 Å². The van der Waals surface area contributed by atoms with Crippen LogP contribution in [0.2, 0.25) is 0 Å². The lowest BCUT2D eigenvalue weighted by Crippen LogP contribution is -2.35. The van der Waals surface area contributed by atoms with Crippen LogP contribution in [0.15, 0.2) is 0 Å². The third-order valence-electron chi connectivity index (χ3n) is 1.49. The average molecular weight is 174 g/mol. The minimum Gasteiger partial charge on any atom is -0.314 e. The molecule has 0 aromatic carbocycles. The van der Waals surface area contributed by atoms with Gasteiger partial charge in [-0.3, -0.25) is 0 Å². The number of nitriles is 1. The number of rotatable bonds is 3. The molecule has 2 N–H and O–H groups in total. The summed E-state index contributed by atoms with van der Waals surface area (Å²) >= 11 is 0. The van der Waals surface area contributed by atoms with Gasteiger partial charge in [0, 0.05) is 0 Å². The summed E-state index contributed by atoms with van der Waals surface area (Å²) < 4.78 is 0. The first-order valence-corrected chi connectivity index (χ1v) is 6.66. The van der Waals surface area contributed by atoms with Crippen LogP contribution in [-0.2, 0) is 0 Å². The van der Waals surface area contributed by atoms with Crippen molar-refractivity contribution in [3.05, 3.63) is 0 Å². The van der Waals surface area contributed by atoms with Crippen LogP contribution in [0.25, 0.3) is 0 Å². The molecule has 0 aromatic rings. The zero-order chi connectivity index (χ0) is 9.12. The lowest BCUT2D eigenvalue weighted by molar-refractivity contribution is 0.582. The van der Waals surface area contributed by atoms with E-state index in [1.165, 1.54) is 0 Å². The van der Waals surface area contributed by atoms with Gasteiger partial charge in [0.15, 0.2) is 0 Å². The molecule has 0 aromatic heterocycles. The smallest absolute Gasteiger partial charge is 0.102 e.